The number of aliphatic hydroxyl groups is 1. The van der Waals surface area contributed by atoms with Crippen molar-refractivity contribution in [2.45, 2.75) is 25.9 Å². The van der Waals surface area contributed by atoms with Crippen molar-refractivity contribution in [1.82, 2.24) is 4.98 Å². The van der Waals surface area contributed by atoms with Crippen LogP contribution in [-0.2, 0) is 0 Å². The number of anilines is 1. The average Bonchev–Trinajstić information content (AvgIpc) is 2.99. The van der Waals surface area contributed by atoms with Crippen LogP contribution in [0.15, 0.2) is 18.5 Å². The zero-order valence-electron chi connectivity index (χ0n) is 8.40. The molecule has 0 aliphatic heterocycles. The fourth-order valence-corrected chi connectivity index (χ4v) is 1.53. The van der Waals surface area contributed by atoms with E-state index >= 15 is 0 Å². The van der Waals surface area contributed by atoms with Crippen LogP contribution >= 0.6 is 0 Å². The molecule has 2 N–H and O–H groups in total. The molecule has 1 saturated carbocycles. The minimum atomic E-state index is -0.192. The lowest BCUT2D eigenvalue weighted by atomic mass is 10.2. The molecule has 1 heterocycles. The first-order valence-electron chi connectivity index (χ1n) is 5.10. The quantitative estimate of drug-likeness (QED) is 0.761. The van der Waals surface area contributed by atoms with Gasteiger partial charge in [-0.2, -0.15) is 0 Å². The second-order valence-electron chi connectivity index (χ2n) is 3.98. The number of hydrogen-bond donors (Lipinski definition) is 2. The fourth-order valence-electron chi connectivity index (χ4n) is 1.53. The standard InChI is InChI=1S/C11H16N2O/c1-8-6-12-5-4-10(8)13-7-11(14)9-2-3-9/h4-6,9,11,14H,2-3,7H2,1H3,(H,12,13). The predicted octanol–water partition coefficient (Wildman–Crippen LogP) is 1.57. The summed E-state index contributed by atoms with van der Waals surface area (Å²) in [6, 6.07) is 1.94. The molecule has 3 heteroatoms. The molecule has 1 aromatic rings. The molecule has 1 aromatic heterocycles. The van der Waals surface area contributed by atoms with Gasteiger partial charge in [-0.05, 0) is 37.3 Å². The molecule has 1 aliphatic rings. The lowest BCUT2D eigenvalue weighted by molar-refractivity contribution is 0.164. The van der Waals surface area contributed by atoms with Crippen LogP contribution in [-0.4, -0.2) is 22.7 Å². The molecule has 1 atom stereocenters. The number of pyridine rings is 1. The van der Waals surface area contributed by atoms with Gasteiger partial charge >= 0.3 is 0 Å². The number of aromatic nitrogens is 1. The topological polar surface area (TPSA) is 45.2 Å². The van der Waals surface area contributed by atoms with Crippen LogP contribution in [0.1, 0.15) is 18.4 Å². The maximum atomic E-state index is 9.66. The molecule has 1 aliphatic carbocycles. The van der Waals surface area contributed by atoms with Gasteiger partial charge < -0.3 is 10.4 Å². The summed E-state index contributed by atoms with van der Waals surface area (Å²) in [5.41, 5.74) is 2.19. The molecule has 0 radical (unpaired) electrons. The summed E-state index contributed by atoms with van der Waals surface area (Å²) in [7, 11) is 0. The number of aryl methyl sites for hydroxylation is 1. The zero-order chi connectivity index (χ0) is 9.97. The van der Waals surface area contributed by atoms with Crippen LogP contribution in [0.2, 0.25) is 0 Å². The van der Waals surface area contributed by atoms with Crippen LogP contribution in [0.4, 0.5) is 5.69 Å². The minimum absolute atomic E-state index is 0.192. The molecule has 14 heavy (non-hydrogen) atoms. The first-order valence-corrected chi connectivity index (χ1v) is 5.10. The van der Waals surface area contributed by atoms with Gasteiger partial charge in [0.15, 0.2) is 0 Å². The van der Waals surface area contributed by atoms with E-state index in [-0.39, 0.29) is 6.10 Å². The lowest BCUT2D eigenvalue weighted by Gasteiger charge is -2.12. The number of aliphatic hydroxyl groups excluding tert-OH is 1. The lowest BCUT2D eigenvalue weighted by Crippen LogP contribution is -2.21. The summed E-state index contributed by atoms with van der Waals surface area (Å²) in [6.45, 7) is 2.66. The Morgan fingerprint density at radius 1 is 1.64 bits per heavy atom. The Balaban J connectivity index is 1.87. The number of hydrogen-bond acceptors (Lipinski definition) is 3. The molecule has 0 saturated heterocycles. The SMILES string of the molecule is Cc1cnccc1NCC(O)C1CC1. The van der Waals surface area contributed by atoms with E-state index in [1.807, 2.05) is 19.2 Å². The van der Waals surface area contributed by atoms with Crippen molar-refractivity contribution in [2.75, 3.05) is 11.9 Å². The first kappa shape index (κ1) is 9.46. The average molecular weight is 192 g/mol. The van der Waals surface area contributed by atoms with E-state index in [4.69, 9.17) is 0 Å². The highest BCUT2D eigenvalue weighted by atomic mass is 16.3. The Labute approximate surface area is 84.2 Å². The second kappa shape index (κ2) is 3.96. The van der Waals surface area contributed by atoms with Crippen molar-refractivity contribution >= 4 is 5.69 Å². The van der Waals surface area contributed by atoms with Crippen molar-refractivity contribution in [3.8, 4) is 0 Å². The van der Waals surface area contributed by atoms with Gasteiger partial charge in [-0.1, -0.05) is 0 Å². The first-order chi connectivity index (χ1) is 6.77. The van der Waals surface area contributed by atoms with E-state index < -0.39 is 0 Å². The van der Waals surface area contributed by atoms with E-state index in [1.54, 1.807) is 6.20 Å². The van der Waals surface area contributed by atoms with E-state index in [0.29, 0.717) is 12.5 Å². The number of rotatable bonds is 4. The van der Waals surface area contributed by atoms with Crippen molar-refractivity contribution in [3.63, 3.8) is 0 Å². The van der Waals surface area contributed by atoms with Crippen LogP contribution in [0.25, 0.3) is 0 Å². The van der Waals surface area contributed by atoms with Gasteiger partial charge in [0.05, 0.1) is 6.10 Å². The van der Waals surface area contributed by atoms with Crippen molar-refractivity contribution in [1.29, 1.82) is 0 Å². The molecule has 76 valence electrons. The van der Waals surface area contributed by atoms with Gasteiger partial charge in [0.25, 0.3) is 0 Å². The Morgan fingerprint density at radius 2 is 2.43 bits per heavy atom. The van der Waals surface area contributed by atoms with Gasteiger partial charge in [-0.15, -0.1) is 0 Å². The smallest absolute Gasteiger partial charge is 0.0740 e. The van der Waals surface area contributed by atoms with Gasteiger partial charge in [0.2, 0.25) is 0 Å². The Kier molecular flexibility index (Phi) is 2.68. The minimum Gasteiger partial charge on any atom is -0.391 e. The molecular formula is C11H16N2O. The zero-order valence-corrected chi connectivity index (χ0v) is 8.40. The van der Waals surface area contributed by atoms with Crippen molar-refractivity contribution < 1.29 is 5.11 Å². The molecule has 0 aromatic carbocycles. The van der Waals surface area contributed by atoms with Crippen LogP contribution in [0, 0.1) is 12.8 Å². The molecule has 3 nitrogen and oxygen atoms in total. The Hall–Kier alpha value is -1.09. The van der Waals surface area contributed by atoms with Gasteiger partial charge in [0.1, 0.15) is 0 Å². The molecule has 1 unspecified atom stereocenters. The summed E-state index contributed by atoms with van der Waals surface area (Å²) in [6.07, 6.45) is 5.75. The normalized spacial score (nSPS) is 17.9. The Morgan fingerprint density at radius 3 is 3.07 bits per heavy atom. The van der Waals surface area contributed by atoms with Gasteiger partial charge in [-0.25, -0.2) is 0 Å². The molecule has 0 bridgehead atoms. The summed E-state index contributed by atoms with van der Waals surface area (Å²) in [5, 5.41) is 12.9. The predicted molar refractivity (Wildman–Crippen MR) is 56.2 cm³/mol. The number of nitrogens with zero attached hydrogens (tertiary/aromatic N) is 1. The maximum Gasteiger partial charge on any atom is 0.0740 e. The van der Waals surface area contributed by atoms with Gasteiger partial charge in [0, 0.05) is 24.6 Å². The van der Waals surface area contributed by atoms with Crippen LogP contribution in [0.3, 0.4) is 0 Å². The highest BCUT2D eigenvalue weighted by Crippen LogP contribution is 2.32. The summed E-state index contributed by atoms with van der Waals surface area (Å²) < 4.78 is 0. The van der Waals surface area contributed by atoms with Crippen LogP contribution in [0.5, 0.6) is 0 Å². The van der Waals surface area contributed by atoms with Crippen molar-refractivity contribution in [3.05, 3.63) is 24.0 Å². The third kappa shape index (κ3) is 2.23. The fraction of sp³-hybridized carbons (Fsp3) is 0.545. The monoisotopic (exact) mass is 192 g/mol. The van der Waals surface area contributed by atoms with Crippen LogP contribution < -0.4 is 5.32 Å². The van der Waals surface area contributed by atoms with E-state index in [0.717, 1.165) is 11.3 Å². The summed E-state index contributed by atoms with van der Waals surface area (Å²) in [4.78, 5) is 4.02. The third-order valence-corrected chi connectivity index (χ3v) is 2.69. The summed E-state index contributed by atoms with van der Waals surface area (Å²) in [5.74, 6) is 0.532. The highest BCUT2D eigenvalue weighted by Gasteiger charge is 2.29. The third-order valence-electron chi connectivity index (χ3n) is 2.69. The highest BCUT2D eigenvalue weighted by molar-refractivity contribution is 5.48. The van der Waals surface area contributed by atoms with Gasteiger partial charge in [-0.3, -0.25) is 4.98 Å². The van der Waals surface area contributed by atoms with Crippen molar-refractivity contribution in [2.24, 2.45) is 5.92 Å². The Bertz CT molecular complexity index is 310. The molecule has 2 rings (SSSR count). The molecule has 1 fully saturated rings. The van der Waals surface area contributed by atoms with E-state index in [9.17, 15) is 5.11 Å². The number of nitrogens with one attached hydrogen (secondary N) is 1. The largest absolute Gasteiger partial charge is 0.391 e. The molecular weight excluding hydrogens is 176 g/mol. The summed E-state index contributed by atoms with van der Waals surface area (Å²) >= 11 is 0. The van der Waals surface area contributed by atoms with E-state index in [2.05, 4.69) is 10.3 Å². The molecule has 0 amide bonds. The second-order valence-corrected chi connectivity index (χ2v) is 3.98. The maximum absolute atomic E-state index is 9.66. The van der Waals surface area contributed by atoms with E-state index in [1.165, 1.54) is 12.8 Å². The molecule has 0 spiro atoms.